The van der Waals surface area contributed by atoms with Gasteiger partial charge in [0.05, 0.1) is 5.92 Å². The lowest BCUT2D eigenvalue weighted by Crippen LogP contribution is -2.55. The summed E-state index contributed by atoms with van der Waals surface area (Å²) in [6.45, 7) is 0.977. The molecule has 148 valence electrons. The number of para-hydroxylation sites is 1. The number of fused-ring (bicyclic) bond motifs is 2. The van der Waals surface area contributed by atoms with Crippen molar-refractivity contribution in [1.82, 2.24) is 0 Å². The van der Waals surface area contributed by atoms with Crippen molar-refractivity contribution in [3.63, 3.8) is 0 Å². The van der Waals surface area contributed by atoms with Crippen LogP contribution in [-0.2, 0) is 9.53 Å². The maximum absolute atomic E-state index is 13.0. The molecule has 2 saturated carbocycles. The predicted octanol–water partition coefficient (Wildman–Crippen LogP) is 5.95. The molecule has 1 spiro atoms. The average molecular weight is 370 g/mol. The van der Waals surface area contributed by atoms with Crippen LogP contribution in [0.1, 0.15) is 77.0 Å². The van der Waals surface area contributed by atoms with Crippen molar-refractivity contribution < 1.29 is 9.53 Å². The van der Waals surface area contributed by atoms with Crippen LogP contribution in [-0.4, -0.2) is 18.6 Å². The number of nitrogens with one attached hydrogen (secondary N) is 1. The van der Waals surface area contributed by atoms with Crippen LogP contribution >= 0.6 is 0 Å². The van der Waals surface area contributed by atoms with E-state index in [2.05, 4.69) is 29.6 Å². The molecular formula is C24H35NO2. The maximum Gasteiger partial charge on any atom is 0.309 e. The van der Waals surface area contributed by atoms with E-state index in [1.807, 2.05) is 6.07 Å². The second-order valence-corrected chi connectivity index (χ2v) is 9.00. The highest BCUT2D eigenvalue weighted by atomic mass is 16.5. The Bertz CT molecular complexity index is 608. The molecular weight excluding hydrogens is 334 g/mol. The summed E-state index contributed by atoms with van der Waals surface area (Å²) in [5.74, 6) is 0.918. The van der Waals surface area contributed by atoms with E-state index in [0.717, 1.165) is 32.2 Å². The summed E-state index contributed by atoms with van der Waals surface area (Å²) in [5.41, 5.74) is 1.44. The van der Waals surface area contributed by atoms with Crippen LogP contribution in [0.15, 0.2) is 30.3 Å². The molecule has 3 aliphatic rings. The van der Waals surface area contributed by atoms with Gasteiger partial charge in [-0.3, -0.25) is 4.79 Å². The molecule has 1 heterocycles. The molecule has 0 bridgehead atoms. The fourth-order valence-electron chi connectivity index (χ4n) is 6.22. The van der Waals surface area contributed by atoms with Crippen molar-refractivity contribution >= 4 is 11.7 Å². The van der Waals surface area contributed by atoms with Crippen molar-refractivity contribution in [3.8, 4) is 0 Å². The number of benzene rings is 1. The summed E-state index contributed by atoms with van der Waals surface area (Å²) in [7, 11) is 0. The Morgan fingerprint density at radius 1 is 0.963 bits per heavy atom. The SMILES string of the molecule is O=C1O[C@@H]2CCCC[C@@H]2C2(CCCCC2)[C@@H]1CCCCNc1ccccc1. The van der Waals surface area contributed by atoms with E-state index in [-0.39, 0.29) is 23.4 Å². The second kappa shape index (κ2) is 8.67. The van der Waals surface area contributed by atoms with Gasteiger partial charge in [-0.15, -0.1) is 0 Å². The van der Waals surface area contributed by atoms with Gasteiger partial charge in [-0.2, -0.15) is 0 Å². The monoisotopic (exact) mass is 369 g/mol. The minimum Gasteiger partial charge on any atom is -0.462 e. The molecule has 0 radical (unpaired) electrons. The first-order valence-corrected chi connectivity index (χ1v) is 11.3. The van der Waals surface area contributed by atoms with Gasteiger partial charge in [-0.05, 0) is 62.5 Å². The first kappa shape index (κ1) is 18.8. The lowest BCUT2D eigenvalue weighted by molar-refractivity contribution is -0.196. The van der Waals surface area contributed by atoms with Crippen molar-refractivity contribution in [2.24, 2.45) is 17.3 Å². The fraction of sp³-hybridized carbons (Fsp3) is 0.708. The number of unbranched alkanes of at least 4 members (excludes halogenated alkanes) is 1. The van der Waals surface area contributed by atoms with Gasteiger partial charge in [0.2, 0.25) is 0 Å². The third-order valence-corrected chi connectivity index (χ3v) is 7.49. The number of carbonyl (C=O) groups excluding carboxylic acids is 1. The Hall–Kier alpha value is -1.51. The minimum absolute atomic E-state index is 0.135. The summed E-state index contributed by atoms with van der Waals surface area (Å²) in [6.07, 6.45) is 14.9. The summed E-state index contributed by atoms with van der Waals surface area (Å²) >= 11 is 0. The van der Waals surface area contributed by atoms with Crippen LogP contribution in [0.2, 0.25) is 0 Å². The van der Waals surface area contributed by atoms with Gasteiger partial charge < -0.3 is 10.1 Å². The number of hydrogen-bond donors (Lipinski definition) is 1. The van der Waals surface area contributed by atoms with E-state index in [4.69, 9.17) is 4.74 Å². The molecule has 0 unspecified atom stereocenters. The number of rotatable bonds is 6. The van der Waals surface area contributed by atoms with E-state index in [1.54, 1.807) is 0 Å². The molecule has 1 aromatic rings. The van der Waals surface area contributed by atoms with E-state index in [0.29, 0.717) is 5.92 Å². The highest BCUT2D eigenvalue weighted by Gasteiger charge is 2.56. The molecule has 3 heteroatoms. The summed E-state index contributed by atoms with van der Waals surface area (Å²) in [5, 5.41) is 3.49. The van der Waals surface area contributed by atoms with Crippen LogP contribution in [0.25, 0.3) is 0 Å². The third-order valence-electron chi connectivity index (χ3n) is 7.49. The van der Waals surface area contributed by atoms with Crippen LogP contribution in [0.3, 0.4) is 0 Å². The van der Waals surface area contributed by atoms with Gasteiger partial charge in [-0.1, -0.05) is 50.3 Å². The quantitative estimate of drug-likeness (QED) is 0.497. The van der Waals surface area contributed by atoms with Crippen LogP contribution in [0.5, 0.6) is 0 Å². The maximum atomic E-state index is 13.0. The summed E-state index contributed by atoms with van der Waals surface area (Å²) < 4.78 is 6.00. The third kappa shape index (κ3) is 4.02. The van der Waals surface area contributed by atoms with E-state index in [9.17, 15) is 4.79 Å². The molecule has 2 aliphatic carbocycles. The van der Waals surface area contributed by atoms with E-state index >= 15 is 0 Å². The lowest BCUT2D eigenvalue weighted by atomic mass is 9.53. The van der Waals surface area contributed by atoms with Crippen molar-refractivity contribution in [2.75, 3.05) is 11.9 Å². The lowest BCUT2D eigenvalue weighted by Gasteiger charge is -2.55. The molecule has 0 aromatic heterocycles. The van der Waals surface area contributed by atoms with Gasteiger partial charge >= 0.3 is 5.97 Å². The normalized spacial score (nSPS) is 29.8. The highest BCUT2D eigenvalue weighted by molar-refractivity contribution is 5.75. The van der Waals surface area contributed by atoms with Gasteiger partial charge in [0, 0.05) is 18.2 Å². The number of anilines is 1. The number of hydrogen-bond acceptors (Lipinski definition) is 3. The van der Waals surface area contributed by atoms with Gasteiger partial charge in [0.15, 0.2) is 0 Å². The molecule has 27 heavy (non-hydrogen) atoms. The molecule has 1 N–H and O–H groups in total. The number of carbonyl (C=O) groups is 1. The van der Waals surface area contributed by atoms with E-state index < -0.39 is 0 Å². The average Bonchev–Trinajstić information content (AvgIpc) is 2.71. The first-order chi connectivity index (χ1) is 13.3. The Kier molecular flexibility index (Phi) is 6.04. The number of ether oxygens (including phenoxy) is 1. The van der Waals surface area contributed by atoms with Crippen LogP contribution in [0, 0.1) is 17.3 Å². The smallest absolute Gasteiger partial charge is 0.309 e. The molecule has 0 amide bonds. The Morgan fingerprint density at radius 3 is 2.56 bits per heavy atom. The van der Waals surface area contributed by atoms with Crippen molar-refractivity contribution in [3.05, 3.63) is 30.3 Å². The fourth-order valence-corrected chi connectivity index (χ4v) is 6.22. The zero-order valence-corrected chi connectivity index (χ0v) is 16.6. The molecule has 1 aliphatic heterocycles. The summed E-state index contributed by atoms with van der Waals surface area (Å²) in [6, 6.07) is 10.4. The van der Waals surface area contributed by atoms with E-state index in [1.165, 1.54) is 57.1 Å². The zero-order valence-electron chi connectivity index (χ0n) is 16.6. The molecule has 3 nitrogen and oxygen atoms in total. The predicted molar refractivity (Wildman–Crippen MR) is 110 cm³/mol. The minimum atomic E-state index is 0.135. The van der Waals surface area contributed by atoms with Crippen molar-refractivity contribution in [1.29, 1.82) is 0 Å². The van der Waals surface area contributed by atoms with Crippen LogP contribution < -0.4 is 5.32 Å². The second-order valence-electron chi connectivity index (χ2n) is 9.00. The molecule has 4 rings (SSSR count). The van der Waals surface area contributed by atoms with Crippen molar-refractivity contribution in [2.45, 2.75) is 83.2 Å². The largest absolute Gasteiger partial charge is 0.462 e. The van der Waals surface area contributed by atoms with Crippen LogP contribution in [0.4, 0.5) is 5.69 Å². The molecule has 1 saturated heterocycles. The molecule has 3 fully saturated rings. The topological polar surface area (TPSA) is 38.3 Å². The number of esters is 1. The van der Waals surface area contributed by atoms with Gasteiger partial charge in [-0.25, -0.2) is 0 Å². The Morgan fingerprint density at radius 2 is 1.74 bits per heavy atom. The molecule has 1 aromatic carbocycles. The first-order valence-electron chi connectivity index (χ1n) is 11.3. The van der Waals surface area contributed by atoms with Gasteiger partial charge in [0.25, 0.3) is 0 Å². The zero-order chi connectivity index (χ0) is 18.5. The Balaban J connectivity index is 1.36. The summed E-state index contributed by atoms with van der Waals surface area (Å²) in [4.78, 5) is 13.0. The molecule has 3 atom stereocenters. The Labute approximate surface area is 164 Å². The van der Waals surface area contributed by atoms with Gasteiger partial charge in [0.1, 0.15) is 6.10 Å². The standard InChI is InChI=1S/C24H35NO2/c26-23-21(14-7-10-18-25-19-11-3-1-4-12-19)24(16-8-2-9-17-24)20-13-5-6-15-22(20)27-23/h1,3-4,11-12,20-22,25H,2,5-10,13-18H2/t20-,21+,22+/m0/s1. The highest BCUT2D eigenvalue weighted by Crippen LogP contribution is 2.57.